The van der Waals surface area contributed by atoms with E-state index in [2.05, 4.69) is 34.1 Å². The van der Waals surface area contributed by atoms with Gasteiger partial charge >= 0.3 is 5.97 Å². The van der Waals surface area contributed by atoms with Crippen molar-refractivity contribution in [2.45, 2.75) is 147 Å². The number of aliphatic carboxylic acids is 1. The van der Waals surface area contributed by atoms with E-state index in [4.69, 9.17) is 9.84 Å². The van der Waals surface area contributed by atoms with Crippen LogP contribution in [0.5, 0.6) is 0 Å². The number of unbranched alkanes of at least 4 members (excludes halogenated alkanes) is 2. The Morgan fingerprint density at radius 1 is 0.880 bits per heavy atom. The van der Waals surface area contributed by atoms with Gasteiger partial charge < -0.3 is 20.5 Å². The maximum atomic E-state index is 14.4. The maximum absolute atomic E-state index is 14.4. The van der Waals surface area contributed by atoms with Crippen LogP contribution < -0.4 is 34.1 Å². The van der Waals surface area contributed by atoms with Crippen LogP contribution in [0.15, 0.2) is 0 Å². The minimum Gasteiger partial charge on any atom is -0.481 e. The molecule has 0 aromatic heterocycles. The Labute approximate surface area is 326 Å². The van der Waals surface area contributed by atoms with Crippen molar-refractivity contribution in [3.8, 4) is 0 Å². The highest BCUT2D eigenvalue weighted by atomic mass is 127. The van der Waals surface area contributed by atoms with Crippen molar-refractivity contribution < 1.29 is 33.8 Å². The lowest BCUT2D eigenvalue weighted by molar-refractivity contribution is -0.140. The second-order valence-electron chi connectivity index (χ2n) is 14.6. The molecule has 1 aliphatic rings. The maximum Gasteiger partial charge on any atom is 0.305 e. The monoisotopic (exact) mass is 936 g/mol. The Morgan fingerprint density at radius 3 is 2.00 bits per heavy atom. The van der Waals surface area contributed by atoms with E-state index in [0.717, 1.165) is 38.6 Å². The summed E-state index contributed by atoms with van der Waals surface area (Å²) in [6.07, 6.45) is 5.81. The second-order valence-corrected chi connectivity index (χ2v) is 15.7. The molecule has 1 saturated heterocycles. The van der Waals surface area contributed by atoms with Crippen LogP contribution in [0, 0.1) is 0 Å². The number of hydrogen-bond acceptors (Lipinski definition) is 12. The largest absolute Gasteiger partial charge is 0.481 e. The van der Waals surface area contributed by atoms with E-state index in [0.29, 0.717) is 45.4 Å². The van der Waals surface area contributed by atoms with E-state index in [1.165, 1.54) is 6.92 Å². The highest BCUT2D eigenvalue weighted by Crippen LogP contribution is 2.32. The number of Topliss-reactive ketones (excluding diaryl/α,β-unsaturated/α-hetero) is 2. The Kier molecular flexibility index (Phi) is 22.1. The summed E-state index contributed by atoms with van der Waals surface area (Å²) in [6.45, 7) is 14.8. The zero-order valence-electron chi connectivity index (χ0n) is 30.9. The molecule has 1 rings (SSSR count). The number of carboxylic acids is 1. The quantitative estimate of drug-likeness (QED) is 0.0247. The van der Waals surface area contributed by atoms with E-state index in [-0.39, 0.29) is 36.4 Å². The molecule has 1 unspecified atom stereocenters. The third kappa shape index (κ3) is 17.2. The van der Waals surface area contributed by atoms with Crippen molar-refractivity contribution in [2.24, 2.45) is 0 Å². The predicted molar refractivity (Wildman–Crippen MR) is 210 cm³/mol. The van der Waals surface area contributed by atoms with Crippen LogP contribution in [0.3, 0.4) is 0 Å². The highest BCUT2D eigenvalue weighted by Gasteiger charge is 2.49. The summed E-state index contributed by atoms with van der Waals surface area (Å²) in [5.74, 6) is -1.65. The van der Waals surface area contributed by atoms with E-state index >= 15 is 0 Å². The zero-order valence-corrected chi connectivity index (χ0v) is 35.3. The van der Waals surface area contributed by atoms with Gasteiger partial charge in [0.1, 0.15) is 0 Å². The molecule has 0 aromatic carbocycles. The molecule has 0 saturated carbocycles. The molecule has 3 atom stereocenters. The summed E-state index contributed by atoms with van der Waals surface area (Å²) in [4.78, 5) is 67.0. The van der Waals surface area contributed by atoms with E-state index in [1.54, 1.807) is 13.8 Å². The topological polar surface area (TPSA) is 202 Å². The van der Waals surface area contributed by atoms with Gasteiger partial charge in [-0.2, -0.15) is 7.28 Å². The van der Waals surface area contributed by atoms with E-state index < -0.39 is 40.7 Å². The van der Waals surface area contributed by atoms with E-state index in [9.17, 15) is 24.0 Å². The Hall–Kier alpha value is -1.07. The first kappa shape index (κ1) is 47.0. The summed E-state index contributed by atoms with van der Waals surface area (Å²) in [5, 5.41) is 18.2. The van der Waals surface area contributed by atoms with Crippen molar-refractivity contribution in [1.29, 1.82) is 0 Å². The Morgan fingerprint density at radius 2 is 1.46 bits per heavy atom. The van der Waals surface area contributed by atoms with Crippen LogP contribution in [0.4, 0.5) is 0 Å². The average Bonchev–Trinajstić information content (AvgIpc) is 3.53. The van der Waals surface area contributed by atoms with Crippen molar-refractivity contribution in [1.82, 2.24) is 39.0 Å². The van der Waals surface area contributed by atoms with Gasteiger partial charge in [-0.05, 0) is 99.5 Å². The van der Waals surface area contributed by atoms with Gasteiger partial charge in [0.25, 0.3) is 0 Å². The fourth-order valence-electron chi connectivity index (χ4n) is 6.27. The SMILES string of the molecule is CC(=O)N[C@@H](CCCCNNI)C(=O)C(C)(C)N1CCCC1C(=O)C(C)(C)N[C@@H](CCCCNNI)C(=O)NC(C)(C)CCOCCC(=O)O. The van der Waals surface area contributed by atoms with Gasteiger partial charge in [0.15, 0.2) is 11.6 Å². The van der Waals surface area contributed by atoms with E-state index in [1.807, 2.05) is 78.3 Å². The molecule has 1 heterocycles. The lowest BCUT2D eigenvalue weighted by Crippen LogP contribution is -2.65. The van der Waals surface area contributed by atoms with Crippen molar-refractivity contribution in [3.63, 3.8) is 0 Å². The number of likely N-dealkylation sites (tertiary alicyclic amines) is 1. The first-order valence-electron chi connectivity index (χ1n) is 17.6. The number of carboxylic acid groups (broad SMARTS) is 1. The summed E-state index contributed by atoms with van der Waals surface area (Å²) < 4.78 is 11.2. The molecular formula is C33H62I2N8O7. The highest BCUT2D eigenvalue weighted by molar-refractivity contribution is 14.1. The second kappa shape index (κ2) is 23.6. The molecular weight excluding hydrogens is 874 g/mol. The van der Waals surface area contributed by atoms with Crippen LogP contribution in [0.1, 0.15) is 113 Å². The van der Waals surface area contributed by atoms with Crippen LogP contribution in [-0.2, 0) is 28.7 Å². The molecule has 0 bridgehead atoms. The number of carbonyl (C=O) groups is 5. The molecule has 1 aliphatic heterocycles. The van der Waals surface area contributed by atoms with Crippen LogP contribution in [-0.4, -0.2) is 107 Å². The average molecular weight is 937 g/mol. The first-order valence-corrected chi connectivity index (χ1v) is 19.7. The van der Waals surface area contributed by atoms with Crippen LogP contribution in [0.25, 0.3) is 0 Å². The number of nitrogens with one attached hydrogen (secondary N) is 7. The van der Waals surface area contributed by atoms with Gasteiger partial charge in [0.05, 0.1) is 42.2 Å². The number of amides is 2. The van der Waals surface area contributed by atoms with Gasteiger partial charge in [-0.15, -0.1) is 0 Å². The molecule has 50 heavy (non-hydrogen) atoms. The first-order chi connectivity index (χ1) is 23.4. The molecule has 0 aliphatic carbocycles. The Balaban J connectivity index is 3.12. The van der Waals surface area contributed by atoms with Gasteiger partial charge in [-0.3, -0.25) is 34.2 Å². The Bertz CT molecular complexity index is 1100. The number of hydrazine groups is 2. The fraction of sp³-hybridized carbons (Fsp3) is 0.848. The minimum absolute atomic E-state index is 0.0849. The molecule has 0 aromatic rings. The van der Waals surface area contributed by atoms with Gasteiger partial charge in [0, 0.05) is 77.9 Å². The van der Waals surface area contributed by atoms with Crippen LogP contribution >= 0.6 is 45.7 Å². The smallest absolute Gasteiger partial charge is 0.305 e. The summed E-state index contributed by atoms with van der Waals surface area (Å²) in [6, 6.07) is -1.89. The van der Waals surface area contributed by atoms with Gasteiger partial charge in [-0.25, -0.2) is 10.9 Å². The molecule has 290 valence electrons. The third-order valence-electron chi connectivity index (χ3n) is 9.05. The molecule has 0 spiro atoms. The molecule has 2 amide bonds. The standard InChI is InChI=1S/C33H62I2N8O7/c1-23(44)38-24(13-8-10-18-36-41-34)28(47)33(6,7)43-20-12-15-26(43)29(48)32(4,5)39-25(14-9-11-19-37-42-35)30(49)40-31(2,3)17-22-50-21-16-27(45)46/h24-26,36-37,39,41-42H,8-22H2,1-7H3,(H,38,44)(H,40,49)(H,45,46)/t24-,25-,26?/m0/s1. The normalized spacial score (nSPS) is 16.9. The van der Waals surface area contributed by atoms with Gasteiger partial charge in [-0.1, -0.05) is 6.42 Å². The summed E-state index contributed by atoms with van der Waals surface area (Å²) in [5.41, 5.74) is 3.32. The molecule has 15 nitrogen and oxygen atoms in total. The number of carbonyl (C=O) groups excluding carboxylic acids is 4. The number of ether oxygens (including phenoxy) is 1. The lowest BCUT2D eigenvalue weighted by Gasteiger charge is -2.42. The summed E-state index contributed by atoms with van der Waals surface area (Å²) in [7, 11) is 0. The van der Waals surface area contributed by atoms with Crippen molar-refractivity contribution >= 4 is 75.1 Å². The number of rotatable bonds is 28. The third-order valence-corrected chi connectivity index (χ3v) is 9.82. The number of ketones is 2. The molecule has 1 fully saturated rings. The lowest BCUT2D eigenvalue weighted by atomic mass is 9.85. The zero-order chi connectivity index (χ0) is 38.0. The molecule has 17 heteroatoms. The fourth-order valence-corrected chi connectivity index (χ4v) is 6.81. The number of nitrogens with zero attached hydrogens (tertiary/aromatic N) is 1. The van der Waals surface area contributed by atoms with Crippen molar-refractivity contribution in [2.75, 3.05) is 32.8 Å². The minimum atomic E-state index is -1.10. The van der Waals surface area contributed by atoms with Crippen molar-refractivity contribution in [3.05, 3.63) is 0 Å². The summed E-state index contributed by atoms with van der Waals surface area (Å²) >= 11 is 4.01. The van der Waals surface area contributed by atoms with Gasteiger partial charge in [0.2, 0.25) is 11.8 Å². The predicted octanol–water partition coefficient (Wildman–Crippen LogP) is 2.61. The molecule has 0 radical (unpaired) electrons. The number of halogens is 2. The van der Waals surface area contributed by atoms with Crippen LogP contribution in [0.2, 0.25) is 0 Å². The number of hydrogen-bond donors (Lipinski definition) is 8. The molecule has 8 N–H and O–H groups in total.